The molecule has 6 N–H and O–H groups in total. The third-order valence-electron chi connectivity index (χ3n) is 9.39. The molecule has 12 nitrogen and oxygen atoms in total. The predicted octanol–water partition coefficient (Wildman–Crippen LogP) is 3.26. The van der Waals surface area contributed by atoms with Crippen LogP contribution in [0.2, 0.25) is 0 Å². The Hall–Kier alpha value is -4.39. The van der Waals surface area contributed by atoms with Crippen LogP contribution in [-0.2, 0) is 16.0 Å². The highest BCUT2D eigenvalue weighted by Crippen LogP contribution is 2.33. The van der Waals surface area contributed by atoms with E-state index in [1.54, 1.807) is 4.90 Å². The van der Waals surface area contributed by atoms with Crippen molar-refractivity contribution in [1.29, 1.82) is 0 Å². The molecule has 2 aliphatic rings. The number of hydrogen-bond donors (Lipinski definition) is 4. The van der Waals surface area contributed by atoms with Crippen LogP contribution in [0.1, 0.15) is 36.8 Å². The Balaban J connectivity index is 0.00000433. The Morgan fingerprint density at radius 3 is 2.28 bits per heavy atom. The van der Waals surface area contributed by atoms with Gasteiger partial charge in [0.2, 0.25) is 17.6 Å². The Morgan fingerprint density at radius 2 is 1.68 bits per heavy atom. The average Bonchev–Trinajstić information content (AvgIpc) is 3.64. The summed E-state index contributed by atoms with van der Waals surface area (Å²) in [6.07, 6.45) is 5.48. The number of nitrogens with two attached hydrogens (primary N) is 2. The number of benzene rings is 2. The van der Waals surface area contributed by atoms with Gasteiger partial charge in [0.05, 0.1) is 0 Å². The fourth-order valence-electron chi connectivity index (χ4n) is 6.63. The smallest absolute Gasteiger partial charge is 0.240 e. The summed E-state index contributed by atoms with van der Waals surface area (Å²) in [5.41, 5.74) is 17.5. The van der Waals surface area contributed by atoms with E-state index in [0.29, 0.717) is 24.0 Å². The molecule has 1 aliphatic carbocycles. The van der Waals surface area contributed by atoms with Crippen LogP contribution in [0.15, 0.2) is 60.8 Å². The summed E-state index contributed by atoms with van der Waals surface area (Å²) in [4.78, 5) is 36.0. The molecule has 3 heterocycles. The van der Waals surface area contributed by atoms with Crippen LogP contribution in [0.5, 0.6) is 0 Å². The van der Waals surface area contributed by atoms with E-state index >= 15 is 0 Å². The van der Waals surface area contributed by atoms with Crippen molar-refractivity contribution in [2.75, 3.05) is 42.5 Å². The topological polar surface area (TPSA) is 172 Å². The monoisotopic (exact) mass is 658 g/mol. The number of tetrazole rings is 1. The maximum absolute atomic E-state index is 14.2. The summed E-state index contributed by atoms with van der Waals surface area (Å²) in [6.45, 7) is 6.53. The number of carbonyl (C=O) groups is 2. The molecule has 0 bridgehead atoms. The molecule has 2 fully saturated rings. The van der Waals surface area contributed by atoms with E-state index < -0.39 is 11.9 Å². The lowest BCUT2D eigenvalue weighted by Crippen LogP contribution is -2.52. The van der Waals surface area contributed by atoms with Crippen LogP contribution >= 0.6 is 12.4 Å². The zero-order chi connectivity index (χ0) is 32.0. The first-order valence-corrected chi connectivity index (χ1v) is 16.1. The van der Waals surface area contributed by atoms with Gasteiger partial charge < -0.3 is 21.7 Å². The summed E-state index contributed by atoms with van der Waals surface area (Å²) in [6, 6.07) is 16.6. The van der Waals surface area contributed by atoms with Crippen LogP contribution < -0.4 is 26.6 Å². The number of nitrogens with one attached hydrogen (secondary N) is 2. The number of aryl methyl sites for hydroxylation is 1. The lowest BCUT2D eigenvalue weighted by Gasteiger charge is -2.35. The molecule has 13 heteroatoms. The number of nitrogens with zero attached hydrogens (tertiary/aromatic N) is 6. The van der Waals surface area contributed by atoms with Gasteiger partial charge in [-0.3, -0.25) is 14.5 Å². The van der Waals surface area contributed by atoms with Crippen LogP contribution in [-0.4, -0.2) is 76.2 Å². The summed E-state index contributed by atoms with van der Waals surface area (Å²) in [7, 11) is 0. The van der Waals surface area contributed by atoms with Crippen LogP contribution in [0.25, 0.3) is 22.5 Å². The molecular formula is C34H43ClN10O2. The van der Waals surface area contributed by atoms with E-state index in [2.05, 4.69) is 43.8 Å². The van der Waals surface area contributed by atoms with E-state index in [1.165, 1.54) is 0 Å². The Bertz CT molecular complexity index is 1620. The standard InChI is InChI=1S/C34H42N10O2.ClH/c1-22-18-31(43-16-14-37-15-17-43)38-21-29(22)25-6-2-23(3-7-25)19-30(32(36)45)44(34(46)27-8-4-24(20-35)5-9-27)28-12-10-26(11-13-28)33-39-41-42-40-33;/h2-3,6-7,10-13,18,21,24,27,30,37H,4-5,8-9,14-17,19-20,35H2,1H3,(H2,36,45)(H,39,40,41,42);1H/t24-,27-,30-;/m0./s1. The number of anilines is 2. The first-order valence-electron chi connectivity index (χ1n) is 16.1. The quantitative estimate of drug-likeness (QED) is 0.200. The minimum absolute atomic E-state index is 0. The van der Waals surface area contributed by atoms with Gasteiger partial charge in [0, 0.05) is 61.5 Å². The average molecular weight is 659 g/mol. The number of amides is 2. The fourth-order valence-corrected chi connectivity index (χ4v) is 6.63. The van der Waals surface area contributed by atoms with E-state index in [-0.39, 0.29) is 30.7 Å². The second-order valence-corrected chi connectivity index (χ2v) is 12.4. The maximum Gasteiger partial charge on any atom is 0.240 e. The van der Waals surface area contributed by atoms with Crippen molar-refractivity contribution in [1.82, 2.24) is 30.9 Å². The highest BCUT2D eigenvalue weighted by Gasteiger charge is 2.36. The van der Waals surface area contributed by atoms with Gasteiger partial charge in [-0.1, -0.05) is 24.3 Å². The van der Waals surface area contributed by atoms with Gasteiger partial charge in [0.1, 0.15) is 11.9 Å². The summed E-state index contributed by atoms with van der Waals surface area (Å²) in [5.74, 6) is 1.02. The molecular weight excluding hydrogens is 616 g/mol. The molecule has 0 unspecified atom stereocenters. The molecule has 0 radical (unpaired) electrons. The zero-order valence-corrected chi connectivity index (χ0v) is 27.5. The van der Waals surface area contributed by atoms with Crippen molar-refractivity contribution < 1.29 is 9.59 Å². The Kier molecular flexibility index (Phi) is 11.2. The zero-order valence-electron chi connectivity index (χ0n) is 26.6. The minimum Gasteiger partial charge on any atom is -0.368 e. The number of aromatic nitrogens is 5. The molecule has 0 spiro atoms. The maximum atomic E-state index is 14.2. The number of rotatable bonds is 10. The van der Waals surface area contributed by atoms with Gasteiger partial charge in [-0.05, 0) is 97.3 Å². The lowest BCUT2D eigenvalue weighted by atomic mass is 9.81. The van der Waals surface area contributed by atoms with Crippen molar-refractivity contribution in [2.45, 2.75) is 45.1 Å². The number of carbonyl (C=O) groups excluding carboxylic acids is 2. The molecule has 2 aromatic heterocycles. The number of pyridine rings is 1. The molecule has 2 amide bonds. The number of primary amides is 1. The molecule has 1 saturated heterocycles. The molecule has 1 atom stereocenters. The van der Waals surface area contributed by atoms with E-state index in [9.17, 15) is 9.59 Å². The Morgan fingerprint density at radius 1 is 1.00 bits per heavy atom. The van der Waals surface area contributed by atoms with E-state index in [4.69, 9.17) is 16.5 Å². The molecule has 6 rings (SSSR count). The third-order valence-corrected chi connectivity index (χ3v) is 9.39. The normalized spacial score (nSPS) is 18.6. The predicted molar refractivity (Wildman–Crippen MR) is 185 cm³/mol. The molecule has 1 saturated carbocycles. The van der Waals surface area contributed by atoms with Gasteiger partial charge in [0.25, 0.3) is 0 Å². The number of H-pyrrole nitrogens is 1. The largest absolute Gasteiger partial charge is 0.368 e. The van der Waals surface area contributed by atoms with Crippen molar-refractivity contribution in [3.05, 3.63) is 71.9 Å². The fraction of sp³-hybridized carbons (Fsp3) is 0.412. The lowest BCUT2D eigenvalue weighted by molar-refractivity contribution is -0.127. The molecule has 2 aromatic carbocycles. The van der Waals surface area contributed by atoms with Crippen molar-refractivity contribution in [3.8, 4) is 22.5 Å². The van der Waals surface area contributed by atoms with Crippen molar-refractivity contribution in [3.63, 3.8) is 0 Å². The highest BCUT2D eigenvalue weighted by atomic mass is 35.5. The Labute approximate surface area is 281 Å². The molecule has 248 valence electrons. The molecule has 4 aromatic rings. The summed E-state index contributed by atoms with van der Waals surface area (Å²) < 4.78 is 0. The van der Waals surface area contributed by atoms with E-state index in [0.717, 1.165) is 85.5 Å². The van der Waals surface area contributed by atoms with Crippen molar-refractivity contribution >= 4 is 35.7 Å². The number of hydrogen-bond acceptors (Lipinski definition) is 9. The molecule has 47 heavy (non-hydrogen) atoms. The second kappa shape index (κ2) is 15.5. The SMILES string of the molecule is Cc1cc(N2CCNCC2)ncc1-c1ccc(C[C@@H](C(N)=O)N(c2ccc(-c3nn[nH]n3)cc2)C(=O)[C@H]2CC[C@H](CN)CC2)cc1.Cl. The van der Waals surface area contributed by atoms with Crippen molar-refractivity contribution in [2.24, 2.45) is 23.3 Å². The van der Waals surface area contributed by atoms with E-state index in [1.807, 2.05) is 54.7 Å². The number of piperazine rings is 1. The van der Waals surface area contributed by atoms with Gasteiger partial charge >= 0.3 is 0 Å². The summed E-state index contributed by atoms with van der Waals surface area (Å²) >= 11 is 0. The summed E-state index contributed by atoms with van der Waals surface area (Å²) in [5, 5.41) is 17.6. The van der Waals surface area contributed by atoms with Gasteiger partial charge in [-0.15, -0.1) is 22.6 Å². The number of halogens is 1. The first kappa shape index (κ1) is 34.0. The van der Waals surface area contributed by atoms with Gasteiger partial charge in [-0.25, -0.2) is 4.98 Å². The van der Waals surface area contributed by atoms with Crippen LogP contribution in [0.3, 0.4) is 0 Å². The minimum atomic E-state index is -0.872. The number of aromatic amines is 1. The molecule has 1 aliphatic heterocycles. The van der Waals surface area contributed by atoms with Crippen LogP contribution in [0.4, 0.5) is 11.5 Å². The van der Waals surface area contributed by atoms with Crippen LogP contribution in [0, 0.1) is 18.8 Å². The van der Waals surface area contributed by atoms with Gasteiger partial charge in [-0.2, -0.15) is 5.21 Å². The second-order valence-electron chi connectivity index (χ2n) is 12.4. The highest BCUT2D eigenvalue weighted by molar-refractivity contribution is 6.01. The third kappa shape index (κ3) is 7.78. The first-order chi connectivity index (χ1) is 22.4. The van der Waals surface area contributed by atoms with Gasteiger partial charge in [0.15, 0.2) is 0 Å².